The molecule has 0 radical (unpaired) electrons. The third-order valence-electron chi connectivity index (χ3n) is 3.76. The van der Waals surface area contributed by atoms with Gasteiger partial charge in [0, 0.05) is 18.0 Å². The normalized spacial score (nSPS) is 15.0. The number of hydrogen-bond donors (Lipinski definition) is 0. The summed E-state index contributed by atoms with van der Waals surface area (Å²) in [6.07, 6.45) is 0.103. The summed E-state index contributed by atoms with van der Waals surface area (Å²) in [5, 5.41) is 2.05. The van der Waals surface area contributed by atoms with Crippen molar-refractivity contribution < 1.29 is 14.3 Å². The van der Waals surface area contributed by atoms with Gasteiger partial charge in [0.2, 0.25) is 0 Å². The van der Waals surface area contributed by atoms with E-state index in [4.69, 9.17) is 4.74 Å². The lowest BCUT2D eigenvalue weighted by molar-refractivity contribution is -0.140. The lowest BCUT2D eigenvalue weighted by Crippen LogP contribution is -2.42. The number of carbonyl (C=O) groups excluding carboxylic acids is 2. The molecule has 0 N–H and O–H groups in total. The number of thiophene rings is 1. The van der Waals surface area contributed by atoms with Gasteiger partial charge in [-0.25, -0.2) is 4.79 Å². The van der Waals surface area contributed by atoms with E-state index in [1.807, 2.05) is 6.07 Å². The number of carbonyl (C=O) groups is 2. The van der Waals surface area contributed by atoms with E-state index >= 15 is 0 Å². The Labute approximate surface area is 133 Å². The van der Waals surface area contributed by atoms with Crippen LogP contribution in [0, 0.1) is 0 Å². The number of hydrogen-bond acceptors (Lipinski definition) is 4. The number of ether oxygens (including phenoxy) is 1. The number of benzene rings is 1. The molecule has 1 aromatic carbocycles. The Bertz CT molecular complexity index is 680. The van der Waals surface area contributed by atoms with Gasteiger partial charge in [0.1, 0.15) is 0 Å². The second-order valence-electron chi connectivity index (χ2n) is 5.29. The van der Waals surface area contributed by atoms with E-state index in [9.17, 15) is 9.59 Å². The average molecular weight is 315 g/mol. The summed E-state index contributed by atoms with van der Waals surface area (Å²) in [5.41, 5.74) is 1.66. The van der Waals surface area contributed by atoms with Gasteiger partial charge in [0.15, 0.2) is 6.10 Å². The second-order valence-corrected chi connectivity index (χ2v) is 6.29. The second kappa shape index (κ2) is 6.32. The summed E-state index contributed by atoms with van der Waals surface area (Å²) in [7, 11) is 0. The molecule has 5 heteroatoms. The van der Waals surface area contributed by atoms with Crippen LogP contribution in [0.1, 0.15) is 27.7 Å². The molecule has 0 saturated carbocycles. The molecule has 22 heavy (non-hydrogen) atoms. The fourth-order valence-corrected chi connectivity index (χ4v) is 3.44. The van der Waals surface area contributed by atoms with Gasteiger partial charge in [0.25, 0.3) is 5.91 Å². The van der Waals surface area contributed by atoms with E-state index < -0.39 is 12.1 Å². The molecule has 4 nitrogen and oxygen atoms in total. The molecule has 0 bridgehead atoms. The summed E-state index contributed by atoms with van der Waals surface area (Å²) in [4.78, 5) is 27.6. The van der Waals surface area contributed by atoms with Gasteiger partial charge in [0.05, 0.1) is 5.56 Å². The van der Waals surface area contributed by atoms with Crippen LogP contribution in [0.4, 0.5) is 0 Å². The highest BCUT2D eigenvalue weighted by atomic mass is 32.1. The lowest BCUT2D eigenvalue weighted by Gasteiger charge is -2.29. The van der Waals surface area contributed by atoms with Crippen LogP contribution < -0.4 is 0 Å². The largest absolute Gasteiger partial charge is 0.449 e. The molecule has 0 aliphatic carbocycles. The minimum absolute atomic E-state index is 0.138. The summed E-state index contributed by atoms with van der Waals surface area (Å²) >= 11 is 1.73. The Morgan fingerprint density at radius 2 is 2.00 bits per heavy atom. The van der Waals surface area contributed by atoms with Crippen molar-refractivity contribution in [2.75, 3.05) is 6.54 Å². The van der Waals surface area contributed by atoms with E-state index in [0.29, 0.717) is 18.7 Å². The van der Waals surface area contributed by atoms with Crippen molar-refractivity contribution >= 4 is 23.2 Å². The first-order chi connectivity index (χ1) is 10.6. The first kappa shape index (κ1) is 14.8. The fraction of sp³-hybridized carbons (Fsp3) is 0.294. The van der Waals surface area contributed by atoms with E-state index in [1.165, 1.54) is 10.4 Å². The van der Waals surface area contributed by atoms with Crippen LogP contribution in [0.2, 0.25) is 0 Å². The van der Waals surface area contributed by atoms with Crippen LogP contribution >= 0.6 is 11.3 Å². The third-order valence-corrected chi connectivity index (χ3v) is 4.78. The van der Waals surface area contributed by atoms with E-state index in [1.54, 1.807) is 47.4 Å². The molecule has 0 saturated heterocycles. The number of nitrogens with zero attached hydrogens (tertiary/aromatic N) is 1. The molecule has 1 aliphatic heterocycles. The van der Waals surface area contributed by atoms with Crippen LogP contribution in [0.5, 0.6) is 0 Å². The first-order valence-electron chi connectivity index (χ1n) is 7.25. The van der Waals surface area contributed by atoms with Gasteiger partial charge in [-0.05, 0) is 42.5 Å². The van der Waals surface area contributed by atoms with E-state index in [2.05, 4.69) is 11.4 Å². The SMILES string of the molecule is C[C@H](OC(=O)c1ccccc1)C(=O)N1CCc2sccc2C1. The van der Waals surface area contributed by atoms with Crippen molar-refractivity contribution in [3.05, 3.63) is 57.8 Å². The number of esters is 1. The van der Waals surface area contributed by atoms with Gasteiger partial charge >= 0.3 is 5.97 Å². The van der Waals surface area contributed by atoms with Crippen molar-refractivity contribution in [1.82, 2.24) is 4.90 Å². The molecule has 0 spiro atoms. The smallest absolute Gasteiger partial charge is 0.338 e. The molecule has 3 rings (SSSR count). The van der Waals surface area contributed by atoms with Crippen LogP contribution in [0.15, 0.2) is 41.8 Å². The maximum atomic E-state index is 12.4. The first-order valence-corrected chi connectivity index (χ1v) is 8.13. The molecule has 1 aromatic heterocycles. The van der Waals surface area contributed by atoms with Crippen molar-refractivity contribution in [3.63, 3.8) is 0 Å². The van der Waals surface area contributed by atoms with Crippen LogP contribution in [-0.4, -0.2) is 29.4 Å². The van der Waals surface area contributed by atoms with Gasteiger partial charge in [-0.1, -0.05) is 18.2 Å². The summed E-state index contributed by atoms with van der Waals surface area (Å²) < 4.78 is 5.29. The zero-order chi connectivity index (χ0) is 15.5. The minimum atomic E-state index is -0.770. The third kappa shape index (κ3) is 3.04. The monoisotopic (exact) mass is 315 g/mol. The quantitative estimate of drug-likeness (QED) is 0.818. The molecular formula is C17H17NO3S. The predicted molar refractivity (Wildman–Crippen MR) is 84.8 cm³/mol. The molecule has 114 valence electrons. The van der Waals surface area contributed by atoms with Gasteiger partial charge < -0.3 is 9.64 Å². The Morgan fingerprint density at radius 1 is 1.23 bits per heavy atom. The Kier molecular flexibility index (Phi) is 4.24. The molecule has 0 unspecified atom stereocenters. The molecule has 1 atom stereocenters. The average Bonchev–Trinajstić information content (AvgIpc) is 3.02. The van der Waals surface area contributed by atoms with E-state index in [-0.39, 0.29) is 5.91 Å². The summed E-state index contributed by atoms with van der Waals surface area (Å²) in [5.74, 6) is -0.601. The minimum Gasteiger partial charge on any atom is -0.449 e. The summed E-state index contributed by atoms with van der Waals surface area (Å²) in [6, 6.07) is 10.8. The highest BCUT2D eigenvalue weighted by Crippen LogP contribution is 2.24. The topological polar surface area (TPSA) is 46.6 Å². The van der Waals surface area contributed by atoms with Crippen LogP contribution in [0.25, 0.3) is 0 Å². The molecular weight excluding hydrogens is 298 g/mol. The zero-order valence-corrected chi connectivity index (χ0v) is 13.1. The molecule has 2 aromatic rings. The van der Waals surface area contributed by atoms with Crippen molar-refractivity contribution in [1.29, 1.82) is 0 Å². The molecule has 1 amide bonds. The lowest BCUT2D eigenvalue weighted by atomic mass is 10.1. The van der Waals surface area contributed by atoms with Crippen molar-refractivity contribution in [2.45, 2.75) is 26.0 Å². The Balaban J connectivity index is 1.62. The van der Waals surface area contributed by atoms with Crippen LogP contribution in [-0.2, 0) is 22.5 Å². The van der Waals surface area contributed by atoms with Crippen LogP contribution in [0.3, 0.4) is 0 Å². The van der Waals surface area contributed by atoms with Gasteiger partial charge in [-0.2, -0.15) is 0 Å². The summed E-state index contributed by atoms with van der Waals surface area (Å²) in [6.45, 7) is 2.91. The molecule has 0 fully saturated rings. The Hall–Kier alpha value is -2.14. The molecule has 1 aliphatic rings. The van der Waals surface area contributed by atoms with Crippen molar-refractivity contribution in [3.8, 4) is 0 Å². The Morgan fingerprint density at radius 3 is 2.77 bits per heavy atom. The van der Waals surface area contributed by atoms with Gasteiger partial charge in [-0.3, -0.25) is 4.79 Å². The molecule has 2 heterocycles. The number of rotatable bonds is 3. The highest BCUT2D eigenvalue weighted by Gasteiger charge is 2.27. The maximum Gasteiger partial charge on any atom is 0.338 e. The highest BCUT2D eigenvalue weighted by molar-refractivity contribution is 7.10. The van der Waals surface area contributed by atoms with Crippen molar-refractivity contribution in [2.24, 2.45) is 0 Å². The number of amides is 1. The standard InChI is InChI=1S/C17H17NO3S/c1-12(21-17(20)13-5-3-2-4-6-13)16(19)18-9-7-15-14(11-18)8-10-22-15/h2-6,8,10,12H,7,9,11H2,1H3/t12-/m0/s1. The van der Waals surface area contributed by atoms with E-state index in [0.717, 1.165) is 6.42 Å². The number of fused-ring (bicyclic) bond motifs is 1. The maximum absolute atomic E-state index is 12.4. The van der Waals surface area contributed by atoms with Gasteiger partial charge in [-0.15, -0.1) is 11.3 Å². The predicted octanol–water partition coefficient (Wildman–Crippen LogP) is 2.88. The fourth-order valence-electron chi connectivity index (χ4n) is 2.55. The zero-order valence-electron chi connectivity index (χ0n) is 12.3.